The van der Waals surface area contributed by atoms with Gasteiger partial charge in [0.15, 0.2) is 0 Å². The lowest BCUT2D eigenvalue weighted by Gasteiger charge is -2.08. The molecular formula is C11H12BrN5. The summed E-state index contributed by atoms with van der Waals surface area (Å²) in [5.41, 5.74) is 1.77. The first-order valence-corrected chi connectivity index (χ1v) is 5.88. The Labute approximate surface area is 108 Å². The SMILES string of the molecule is CNc1ccc(Nc2ncnc(C)c2Br)cn1. The minimum absolute atomic E-state index is 0.733. The molecule has 5 nitrogen and oxygen atoms in total. The summed E-state index contributed by atoms with van der Waals surface area (Å²) in [5, 5.41) is 6.14. The van der Waals surface area contributed by atoms with Gasteiger partial charge in [0.2, 0.25) is 0 Å². The Balaban J connectivity index is 2.22. The van der Waals surface area contributed by atoms with Crippen LogP contribution in [0.25, 0.3) is 0 Å². The molecule has 0 fully saturated rings. The molecule has 0 amide bonds. The number of pyridine rings is 1. The monoisotopic (exact) mass is 293 g/mol. The predicted octanol–water partition coefficient (Wildman–Crippen LogP) is 2.73. The molecule has 88 valence electrons. The number of nitrogens with one attached hydrogen (secondary N) is 2. The molecule has 0 aliphatic rings. The molecule has 0 aliphatic carbocycles. The summed E-state index contributed by atoms with van der Waals surface area (Å²) in [5.74, 6) is 1.56. The van der Waals surface area contributed by atoms with Crippen molar-refractivity contribution in [2.24, 2.45) is 0 Å². The molecule has 0 radical (unpaired) electrons. The van der Waals surface area contributed by atoms with Crippen LogP contribution in [0.3, 0.4) is 0 Å². The molecule has 0 aliphatic heterocycles. The zero-order valence-electron chi connectivity index (χ0n) is 9.53. The third-order valence-corrected chi connectivity index (χ3v) is 3.20. The minimum Gasteiger partial charge on any atom is -0.373 e. The summed E-state index contributed by atoms with van der Waals surface area (Å²) in [4.78, 5) is 12.5. The maximum Gasteiger partial charge on any atom is 0.148 e. The molecule has 0 saturated heterocycles. The van der Waals surface area contributed by atoms with E-state index in [1.54, 1.807) is 6.20 Å². The topological polar surface area (TPSA) is 62.7 Å². The largest absolute Gasteiger partial charge is 0.373 e. The highest BCUT2D eigenvalue weighted by atomic mass is 79.9. The maximum atomic E-state index is 4.21. The number of anilines is 3. The fourth-order valence-corrected chi connectivity index (χ4v) is 1.60. The van der Waals surface area contributed by atoms with E-state index in [1.807, 2.05) is 26.1 Å². The van der Waals surface area contributed by atoms with Crippen molar-refractivity contribution >= 4 is 33.3 Å². The minimum atomic E-state index is 0.733. The Morgan fingerprint density at radius 2 is 2.00 bits per heavy atom. The Hall–Kier alpha value is -1.69. The summed E-state index contributed by atoms with van der Waals surface area (Å²) < 4.78 is 0.859. The van der Waals surface area contributed by atoms with E-state index in [1.165, 1.54) is 6.33 Å². The van der Waals surface area contributed by atoms with Crippen LogP contribution in [-0.4, -0.2) is 22.0 Å². The number of hydrogen-bond acceptors (Lipinski definition) is 5. The van der Waals surface area contributed by atoms with Crippen LogP contribution in [0.4, 0.5) is 17.3 Å². The number of aryl methyl sites for hydroxylation is 1. The molecule has 2 heterocycles. The number of rotatable bonds is 3. The highest BCUT2D eigenvalue weighted by molar-refractivity contribution is 9.10. The Bertz CT molecular complexity index is 512. The first-order valence-electron chi connectivity index (χ1n) is 5.08. The van der Waals surface area contributed by atoms with E-state index in [0.717, 1.165) is 27.5 Å². The van der Waals surface area contributed by atoms with E-state index in [9.17, 15) is 0 Å². The van der Waals surface area contributed by atoms with Gasteiger partial charge in [-0.2, -0.15) is 0 Å². The van der Waals surface area contributed by atoms with Crippen LogP contribution >= 0.6 is 15.9 Å². The van der Waals surface area contributed by atoms with Gasteiger partial charge in [-0.1, -0.05) is 0 Å². The van der Waals surface area contributed by atoms with E-state index in [-0.39, 0.29) is 0 Å². The van der Waals surface area contributed by atoms with E-state index in [0.29, 0.717) is 0 Å². The third kappa shape index (κ3) is 2.71. The standard InChI is InChI=1S/C11H12BrN5/c1-7-10(12)11(16-6-15-7)17-8-3-4-9(13-2)14-5-8/h3-6H,1-2H3,(H,13,14)(H,15,16,17). The van der Waals surface area contributed by atoms with Crippen molar-refractivity contribution in [3.8, 4) is 0 Å². The van der Waals surface area contributed by atoms with Crippen LogP contribution in [0.2, 0.25) is 0 Å². The molecule has 2 aromatic heterocycles. The normalized spacial score (nSPS) is 10.1. The van der Waals surface area contributed by atoms with Crippen molar-refractivity contribution in [2.75, 3.05) is 17.7 Å². The van der Waals surface area contributed by atoms with Crippen LogP contribution < -0.4 is 10.6 Å². The van der Waals surface area contributed by atoms with Crippen LogP contribution in [0.1, 0.15) is 5.69 Å². The predicted molar refractivity (Wildman–Crippen MR) is 71.5 cm³/mol. The maximum absolute atomic E-state index is 4.21. The number of hydrogen-bond donors (Lipinski definition) is 2. The van der Waals surface area contributed by atoms with Crippen molar-refractivity contribution in [3.05, 3.63) is 34.8 Å². The molecule has 2 N–H and O–H groups in total. The van der Waals surface area contributed by atoms with Crippen LogP contribution in [-0.2, 0) is 0 Å². The smallest absolute Gasteiger partial charge is 0.148 e. The molecule has 17 heavy (non-hydrogen) atoms. The van der Waals surface area contributed by atoms with Gasteiger partial charge >= 0.3 is 0 Å². The van der Waals surface area contributed by atoms with Gasteiger partial charge in [-0.15, -0.1) is 0 Å². The molecule has 0 aromatic carbocycles. The molecule has 2 rings (SSSR count). The summed E-state index contributed by atoms with van der Waals surface area (Å²) in [6, 6.07) is 3.83. The number of nitrogens with zero attached hydrogens (tertiary/aromatic N) is 3. The number of aromatic nitrogens is 3. The van der Waals surface area contributed by atoms with Gasteiger partial charge in [-0.05, 0) is 35.0 Å². The van der Waals surface area contributed by atoms with Crippen molar-refractivity contribution in [1.82, 2.24) is 15.0 Å². The van der Waals surface area contributed by atoms with Crippen LogP contribution in [0.5, 0.6) is 0 Å². The molecule has 2 aromatic rings. The Kier molecular flexibility index (Phi) is 3.53. The second-order valence-corrected chi connectivity index (χ2v) is 4.22. The Morgan fingerprint density at radius 1 is 1.18 bits per heavy atom. The summed E-state index contributed by atoms with van der Waals surface area (Å²) in [7, 11) is 1.83. The van der Waals surface area contributed by atoms with Gasteiger partial charge in [0.1, 0.15) is 18.0 Å². The summed E-state index contributed by atoms with van der Waals surface area (Å²) in [6.07, 6.45) is 3.27. The van der Waals surface area contributed by atoms with E-state index >= 15 is 0 Å². The van der Waals surface area contributed by atoms with Crippen molar-refractivity contribution in [3.63, 3.8) is 0 Å². The second-order valence-electron chi connectivity index (χ2n) is 3.43. The first kappa shape index (κ1) is 11.8. The lowest BCUT2D eigenvalue weighted by atomic mass is 10.3. The van der Waals surface area contributed by atoms with Gasteiger partial charge in [-0.3, -0.25) is 0 Å². The van der Waals surface area contributed by atoms with Gasteiger partial charge in [0.05, 0.1) is 22.1 Å². The lowest BCUT2D eigenvalue weighted by molar-refractivity contribution is 1.08. The van der Waals surface area contributed by atoms with Gasteiger partial charge in [-0.25, -0.2) is 15.0 Å². The zero-order valence-corrected chi connectivity index (χ0v) is 11.1. The number of halogens is 1. The molecule has 0 saturated carbocycles. The zero-order chi connectivity index (χ0) is 12.3. The molecule has 0 spiro atoms. The van der Waals surface area contributed by atoms with Gasteiger partial charge in [0, 0.05) is 7.05 Å². The quantitative estimate of drug-likeness (QED) is 0.911. The van der Waals surface area contributed by atoms with Crippen molar-refractivity contribution in [2.45, 2.75) is 6.92 Å². The molecule has 6 heteroatoms. The second kappa shape index (κ2) is 5.09. The highest BCUT2D eigenvalue weighted by Gasteiger charge is 2.05. The van der Waals surface area contributed by atoms with Crippen molar-refractivity contribution < 1.29 is 0 Å². The molecular weight excluding hydrogens is 282 g/mol. The Morgan fingerprint density at radius 3 is 2.65 bits per heavy atom. The summed E-state index contributed by atoms with van der Waals surface area (Å²) in [6.45, 7) is 1.92. The average molecular weight is 294 g/mol. The van der Waals surface area contributed by atoms with Crippen molar-refractivity contribution in [1.29, 1.82) is 0 Å². The fraction of sp³-hybridized carbons (Fsp3) is 0.182. The van der Waals surface area contributed by atoms with Crippen LogP contribution in [0.15, 0.2) is 29.1 Å². The van der Waals surface area contributed by atoms with Crippen LogP contribution in [0, 0.1) is 6.92 Å². The molecule has 0 atom stereocenters. The van der Waals surface area contributed by atoms with Gasteiger partial charge in [0.25, 0.3) is 0 Å². The third-order valence-electron chi connectivity index (χ3n) is 2.25. The summed E-state index contributed by atoms with van der Waals surface area (Å²) >= 11 is 3.45. The lowest BCUT2D eigenvalue weighted by Crippen LogP contribution is -1.99. The van der Waals surface area contributed by atoms with E-state index < -0.39 is 0 Å². The molecule has 0 unspecified atom stereocenters. The van der Waals surface area contributed by atoms with E-state index in [2.05, 4.69) is 41.5 Å². The van der Waals surface area contributed by atoms with Gasteiger partial charge < -0.3 is 10.6 Å². The average Bonchev–Trinajstić information content (AvgIpc) is 2.36. The highest BCUT2D eigenvalue weighted by Crippen LogP contribution is 2.24. The fourth-order valence-electron chi connectivity index (χ4n) is 1.30. The first-order chi connectivity index (χ1) is 8.20. The molecule has 0 bridgehead atoms. The van der Waals surface area contributed by atoms with E-state index in [4.69, 9.17) is 0 Å².